The largest absolute Gasteiger partial charge is 0.493 e. The van der Waals surface area contributed by atoms with Gasteiger partial charge in [-0.25, -0.2) is 19.1 Å². The fraction of sp³-hybridized carbons (Fsp3) is 0.393. The average Bonchev–Trinajstić information content (AvgIpc) is 2.81. The highest BCUT2D eigenvalue weighted by Gasteiger charge is 2.29. The highest BCUT2D eigenvalue weighted by Crippen LogP contribution is 2.33. The number of nitrogens with zero attached hydrogens (tertiary/aromatic N) is 2. The fourth-order valence-corrected chi connectivity index (χ4v) is 4.98. The van der Waals surface area contributed by atoms with Gasteiger partial charge in [0.15, 0.2) is 5.03 Å². The molecule has 3 aromatic rings. The van der Waals surface area contributed by atoms with Crippen LogP contribution in [0.15, 0.2) is 53.6 Å². The van der Waals surface area contributed by atoms with E-state index in [0.29, 0.717) is 35.2 Å². The molecule has 1 amide bonds. The number of ether oxygens (including phenoxy) is 2. The summed E-state index contributed by atoms with van der Waals surface area (Å²) in [6.45, 7) is 7.96. The quantitative estimate of drug-likeness (QED) is 0.371. The minimum atomic E-state index is -4.23. The van der Waals surface area contributed by atoms with Crippen LogP contribution in [0.3, 0.4) is 0 Å². The van der Waals surface area contributed by atoms with Gasteiger partial charge in [-0.3, -0.25) is 4.79 Å². The van der Waals surface area contributed by atoms with Crippen molar-refractivity contribution in [3.63, 3.8) is 0 Å². The first-order valence-corrected chi connectivity index (χ1v) is 14.1. The maximum atomic E-state index is 14.4. The number of amides is 1. The summed E-state index contributed by atoms with van der Waals surface area (Å²) in [5.74, 6) is -0.492. The zero-order valence-electron chi connectivity index (χ0n) is 21.9. The van der Waals surface area contributed by atoms with E-state index in [1.165, 1.54) is 30.3 Å². The molecule has 1 saturated carbocycles. The molecule has 4 rings (SSSR count). The Bertz CT molecular complexity index is 1420. The van der Waals surface area contributed by atoms with Gasteiger partial charge in [-0.2, -0.15) is 8.42 Å². The number of pyridine rings is 2. The Hall–Kier alpha value is -3.53. The molecule has 0 bridgehead atoms. The molecule has 8 nitrogen and oxygen atoms in total. The lowest BCUT2D eigenvalue weighted by atomic mass is 9.82. The molecule has 0 radical (unpaired) electrons. The molecule has 0 aliphatic heterocycles. The molecule has 1 fully saturated rings. The summed E-state index contributed by atoms with van der Waals surface area (Å²) in [6, 6.07) is 11.7. The maximum Gasteiger partial charge on any atom is 0.281 e. The summed E-state index contributed by atoms with van der Waals surface area (Å²) in [4.78, 5) is 21.7. The Labute approximate surface area is 222 Å². The first-order valence-electron chi connectivity index (χ1n) is 12.6. The Morgan fingerprint density at radius 2 is 1.87 bits per heavy atom. The third-order valence-corrected chi connectivity index (χ3v) is 7.56. The van der Waals surface area contributed by atoms with Crippen molar-refractivity contribution in [3.8, 4) is 22.9 Å². The number of carbonyl (C=O) groups excluding carboxylic acids is 1. The summed E-state index contributed by atoms with van der Waals surface area (Å²) < 4.78 is 53.9. The van der Waals surface area contributed by atoms with Gasteiger partial charge in [0.25, 0.3) is 15.9 Å². The van der Waals surface area contributed by atoms with Gasteiger partial charge >= 0.3 is 0 Å². The van der Waals surface area contributed by atoms with Crippen LogP contribution in [0.2, 0.25) is 0 Å². The Morgan fingerprint density at radius 3 is 2.53 bits per heavy atom. The molecule has 38 heavy (non-hydrogen) atoms. The zero-order valence-corrected chi connectivity index (χ0v) is 22.7. The van der Waals surface area contributed by atoms with E-state index in [1.807, 2.05) is 20.8 Å². The van der Waals surface area contributed by atoms with E-state index in [4.69, 9.17) is 9.47 Å². The second-order valence-corrected chi connectivity index (χ2v) is 11.6. The second kappa shape index (κ2) is 11.5. The number of hydrogen-bond donors (Lipinski definition) is 1. The van der Waals surface area contributed by atoms with Gasteiger partial charge in [0.05, 0.1) is 12.3 Å². The zero-order chi connectivity index (χ0) is 27.4. The Balaban J connectivity index is 1.67. The number of carbonyl (C=O) groups is 1. The predicted molar refractivity (Wildman–Crippen MR) is 141 cm³/mol. The highest BCUT2D eigenvalue weighted by atomic mass is 32.2. The monoisotopic (exact) mass is 541 g/mol. The first-order chi connectivity index (χ1) is 18.0. The van der Waals surface area contributed by atoms with Crippen molar-refractivity contribution in [2.45, 2.75) is 58.1 Å². The van der Waals surface area contributed by atoms with E-state index >= 15 is 0 Å². The standard InChI is InChI=1S/C28H32FN3O5S/c1-17(2)16-36-23-14-21(13-22(29)15-23)25-12-11-24(28(31-25)37-19(4)20-8-6-9-20)27(33)32-38(34,35)26-10-5-7-18(3)30-26/h5,7,10-15,17,19-20H,6,8-9,16H2,1-4H3,(H,32,33). The maximum absolute atomic E-state index is 14.4. The minimum Gasteiger partial charge on any atom is -0.493 e. The second-order valence-electron chi connectivity index (χ2n) is 10.00. The van der Waals surface area contributed by atoms with Crippen molar-refractivity contribution < 1.29 is 27.1 Å². The van der Waals surface area contributed by atoms with Crippen LogP contribution in [0.5, 0.6) is 11.6 Å². The molecular weight excluding hydrogens is 509 g/mol. The van der Waals surface area contributed by atoms with Crippen molar-refractivity contribution in [3.05, 3.63) is 65.6 Å². The molecule has 1 unspecified atom stereocenters. The van der Waals surface area contributed by atoms with E-state index in [1.54, 1.807) is 25.1 Å². The summed E-state index contributed by atoms with van der Waals surface area (Å²) in [5, 5.41) is -0.269. The predicted octanol–water partition coefficient (Wildman–Crippen LogP) is 5.31. The SMILES string of the molecule is Cc1cccc(S(=O)(=O)NC(=O)c2ccc(-c3cc(F)cc(OCC(C)C)c3)nc2OC(C)C2CCC2)n1. The van der Waals surface area contributed by atoms with E-state index < -0.39 is 21.7 Å². The number of halogens is 1. The third kappa shape index (κ3) is 6.66. The van der Waals surface area contributed by atoms with Crippen LogP contribution in [0, 0.1) is 24.6 Å². The van der Waals surface area contributed by atoms with E-state index in [2.05, 4.69) is 14.7 Å². The topological polar surface area (TPSA) is 107 Å². The van der Waals surface area contributed by atoms with Crippen LogP contribution in [0.4, 0.5) is 4.39 Å². The molecule has 202 valence electrons. The molecule has 1 aliphatic carbocycles. The highest BCUT2D eigenvalue weighted by molar-refractivity contribution is 7.90. The van der Waals surface area contributed by atoms with E-state index in [0.717, 1.165) is 19.3 Å². The molecule has 0 saturated heterocycles. The molecule has 2 heterocycles. The first kappa shape index (κ1) is 27.5. The van der Waals surface area contributed by atoms with Crippen LogP contribution < -0.4 is 14.2 Å². The lowest BCUT2D eigenvalue weighted by molar-refractivity contribution is 0.0884. The number of hydrogen-bond acceptors (Lipinski definition) is 7. The van der Waals surface area contributed by atoms with Crippen LogP contribution >= 0.6 is 0 Å². The van der Waals surface area contributed by atoms with Gasteiger partial charge in [-0.15, -0.1) is 0 Å². The summed E-state index contributed by atoms with van der Waals surface area (Å²) >= 11 is 0. The summed E-state index contributed by atoms with van der Waals surface area (Å²) in [5.41, 5.74) is 1.24. The van der Waals surface area contributed by atoms with Crippen molar-refractivity contribution in [2.24, 2.45) is 11.8 Å². The smallest absolute Gasteiger partial charge is 0.281 e. The summed E-state index contributed by atoms with van der Waals surface area (Å²) in [7, 11) is -4.23. The molecule has 1 atom stereocenters. The number of nitrogens with one attached hydrogen (secondary N) is 1. The molecule has 1 N–H and O–H groups in total. The summed E-state index contributed by atoms with van der Waals surface area (Å²) in [6.07, 6.45) is 2.85. The van der Waals surface area contributed by atoms with Gasteiger partial charge in [0.1, 0.15) is 23.2 Å². The Morgan fingerprint density at radius 1 is 1.11 bits per heavy atom. The molecule has 10 heteroatoms. The molecule has 0 spiro atoms. The number of sulfonamides is 1. The molecule has 1 aromatic carbocycles. The van der Waals surface area contributed by atoms with Crippen LogP contribution in [-0.4, -0.2) is 37.0 Å². The normalized spacial score (nSPS) is 14.6. The third-order valence-electron chi connectivity index (χ3n) is 6.33. The molecule has 1 aliphatic rings. The number of aryl methyl sites for hydroxylation is 1. The van der Waals surface area contributed by atoms with E-state index in [9.17, 15) is 17.6 Å². The minimum absolute atomic E-state index is 0.0271. The van der Waals surface area contributed by atoms with Gasteiger partial charge in [0, 0.05) is 17.3 Å². The van der Waals surface area contributed by atoms with Crippen LogP contribution in [-0.2, 0) is 10.0 Å². The van der Waals surface area contributed by atoms with Crippen LogP contribution in [0.1, 0.15) is 56.1 Å². The lowest BCUT2D eigenvalue weighted by Gasteiger charge is -2.31. The Kier molecular flexibility index (Phi) is 8.30. The fourth-order valence-electron chi connectivity index (χ4n) is 4.00. The molecule has 2 aromatic heterocycles. The van der Waals surface area contributed by atoms with Crippen LogP contribution in [0.25, 0.3) is 11.3 Å². The van der Waals surface area contributed by atoms with Gasteiger partial charge in [-0.1, -0.05) is 26.3 Å². The van der Waals surface area contributed by atoms with E-state index in [-0.39, 0.29) is 28.5 Å². The van der Waals surface area contributed by atoms with Gasteiger partial charge in [-0.05, 0) is 74.9 Å². The number of rotatable bonds is 10. The number of benzene rings is 1. The average molecular weight is 542 g/mol. The van der Waals surface area contributed by atoms with Gasteiger partial charge < -0.3 is 9.47 Å². The number of aromatic nitrogens is 2. The lowest BCUT2D eigenvalue weighted by Crippen LogP contribution is -2.33. The van der Waals surface area contributed by atoms with Gasteiger partial charge in [0.2, 0.25) is 5.88 Å². The molecular formula is C28H32FN3O5S. The van der Waals surface area contributed by atoms with Crippen molar-refractivity contribution >= 4 is 15.9 Å². The van der Waals surface area contributed by atoms with Crippen molar-refractivity contribution in [1.82, 2.24) is 14.7 Å². The van der Waals surface area contributed by atoms with Crippen molar-refractivity contribution in [1.29, 1.82) is 0 Å². The van der Waals surface area contributed by atoms with Crippen molar-refractivity contribution in [2.75, 3.05) is 6.61 Å².